The van der Waals surface area contributed by atoms with E-state index >= 15 is 0 Å². The Morgan fingerprint density at radius 1 is 1.03 bits per heavy atom. The lowest BCUT2D eigenvalue weighted by Gasteiger charge is -2.14. The van der Waals surface area contributed by atoms with Gasteiger partial charge in [-0.1, -0.05) is 13.3 Å². The molecule has 3 aromatic rings. The van der Waals surface area contributed by atoms with Crippen LogP contribution in [-0.4, -0.2) is 23.0 Å². The first kappa shape index (κ1) is 21.6. The maximum Gasteiger partial charge on any atom is 0.339 e. The van der Waals surface area contributed by atoms with E-state index in [1.165, 1.54) is 0 Å². The number of hydrogen-bond acceptors (Lipinski definition) is 5. The lowest BCUT2D eigenvalue weighted by molar-refractivity contribution is -0.142. The molecule has 0 unspecified atom stereocenters. The molecule has 7 heteroatoms. The SMILES string of the molecule is CCC[C@@H](NC(=O)CCc1c(C)c2cc3c(C)c(C)oc3c(C)c2oc1=O)C(=O)O. The molecule has 7 nitrogen and oxygen atoms in total. The van der Waals surface area contributed by atoms with E-state index in [0.717, 1.165) is 33.2 Å². The first-order valence-corrected chi connectivity index (χ1v) is 10.1. The number of carboxylic acid groups (broad SMARTS) is 1. The van der Waals surface area contributed by atoms with E-state index < -0.39 is 23.5 Å². The Labute approximate surface area is 174 Å². The second-order valence-electron chi connectivity index (χ2n) is 7.78. The molecule has 1 aromatic carbocycles. The number of carboxylic acids is 1. The van der Waals surface area contributed by atoms with Crippen LogP contribution in [0.3, 0.4) is 0 Å². The number of benzene rings is 1. The predicted molar refractivity (Wildman–Crippen MR) is 114 cm³/mol. The number of carbonyl (C=O) groups excluding carboxylic acids is 1. The van der Waals surface area contributed by atoms with Crippen LogP contribution >= 0.6 is 0 Å². The third-order valence-electron chi connectivity index (χ3n) is 5.76. The summed E-state index contributed by atoms with van der Waals surface area (Å²) in [5, 5.41) is 13.5. The van der Waals surface area contributed by atoms with Crippen molar-refractivity contribution in [2.45, 2.75) is 66.3 Å². The Balaban J connectivity index is 1.94. The average molecular weight is 413 g/mol. The van der Waals surface area contributed by atoms with Crippen LogP contribution < -0.4 is 10.9 Å². The average Bonchev–Trinajstić information content (AvgIpc) is 2.97. The summed E-state index contributed by atoms with van der Waals surface area (Å²) in [5.74, 6) is -0.639. The summed E-state index contributed by atoms with van der Waals surface area (Å²) in [7, 11) is 0. The number of fused-ring (bicyclic) bond motifs is 2. The van der Waals surface area contributed by atoms with Crippen molar-refractivity contribution in [3.8, 4) is 0 Å². The van der Waals surface area contributed by atoms with Crippen molar-refractivity contribution < 1.29 is 23.5 Å². The molecule has 2 heterocycles. The minimum atomic E-state index is -1.06. The lowest BCUT2D eigenvalue weighted by atomic mass is 9.98. The highest BCUT2D eigenvalue weighted by Gasteiger charge is 2.21. The molecule has 0 fully saturated rings. The third-order valence-corrected chi connectivity index (χ3v) is 5.76. The molecule has 30 heavy (non-hydrogen) atoms. The molecule has 0 spiro atoms. The fourth-order valence-corrected chi connectivity index (χ4v) is 3.83. The minimum absolute atomic E-state index is 0.00960. The molecule has 0 aliphatic rings. The number of carbonyl (C=O) groups is 2. The molecule has 160 valence electrons. The zero-order valence-corrected chi connectivity index (χ0v) is 18.0. The Hall–Kier alpha value is -3.09. The highest BCUT2D eigenvalue weighted by Crippen LogP contribution is 2.34. The normalized spacial score (nSPS) is 12.4. The summed E-state index contributed by atoms with van der Waals surface area (Å²) in [5.41, 5.74) is 3.71. The van der Waals surface area contributed by atoms with Crippen LogP contribution in [0, 0.1) is 27.7 Å². The van der Waals surface area contributed by atoms with Crippen molar-refractivity contribution in [1.29, 1.82) is 0 Å². The molecule has 3 rings (SSSR count). The second kappa shape index (κ2) is 8.34. The third kappa shape index (κ3) is 3.84. The zero-order valence-electron chi connectivity index (χ0n) is 18.0. The van der Waals surface area contributed by atoms with Gasteiger partial charge in [-0.2, -0.15) is 0 Å². The molecule has 0 aliphatic heterocycles. The highest BCUT2D eigenvalue weighted by atomic mass is 16.4. The van der Waals surface area contributed by atoms with Crippen molar-refractivity contribution in [3.05, 3.63) is 44.5 Å². The molecule has 0 aliphatic carbocycles. The molecule has 0 saturated carbocycles. The van der Waals surface area contributed by atoms with Crippen LogP contribution in [-0.2, 0) is 16.0 Å². The number of aryl methyl sites for hydroxylation is 4. The van der Waals surface area contributed by atoms with E-state index in [-0.39, 0.29) is 12.8 Å². The zero-order chi connectivity index (χ0) is 22.2. The topological polar surface area (TPSA) is 110 Å². The fourth-order valence-electron chi connectivity index (χ4n) is 3.83. The highest BCUT2D eigenvalue weighted by molar-refractivity contribution is 6.00. The van der Waals surface area contributed by atoms with Gasteiger partial charge < -0.3 is 19.3 Å². The van der Waals surface area contributed by atoms with Gasteiger partial charge in [0, 0.05) is 28.3 Å². The van der Waals surface area contributed by atoms with E-state index in [4.69, 9.17) is 8.83 Å². The van der Waals surface area contributed by atoms with Crippen molar-refractivity contribution in [2.75, 3.05) is 0 Å². The molecule has 0 bridgehead atoms. The molecular weight excluding hydrogens is 386 g/mol. The quantitative estimate of drug-likeness (QED) is 0.565. The molecule has 1 amide bonds. The summed E-state index contributed by atoms with van der Waals surface area (Å²) < 4.78 is 11.5. The number of furan rings is 1. The lowest BCUT2D eigenvalue weighted by Crippen LogP contribution is -2.40. The Kier molecular flexibility index (Phi) is 6.01. The summed E-state index contributed by atoms with van der Waals surface area (Å²) in [4.78, 5) is 36.1. The first-order valence-electron chi connectivity index (χ1n) is 10.1. The number of nitrogens with one attached hydrogen (secondary N) is 1. The van der Waals surface area contributed by atoms with Gasteiger partial charge in [-0.25, -0.2) is 9.59 Å². The van der Waals surface area contributed by atoms with Crippen LogP contribution in [0.4, 0.5) is 0 Å². The molecule has 1 atom stereocenters. The largest absolute Gasteiger partial charge is 0.480 e. The van der Waals surface area contributed by atoms with Gasteiger partial charge in [-0.3, -0.25) is 4.79 Å². The summed E-state index contributed by atoms with van der Waals surface area (Å²) in [6.07, 6.45) is 1.19. The van der Waals surface area contributed by atoms with Gasteiger partial charge in [0.2, 0.25) is 5.91 Å². The van der Waals surface area contributed by atoms with E-state index in [0.29, 0.717) is 29.6 Å². The van der Waals surface area contributed by atoms with Gasteiger partial charge in [-0.05, 0) is 57.7 Å². The van der Waals surface area contributed by atoms with Crippen LogP contribution in [0.5, 0.6) is 0 Å². The number of aliphatic carboxylic acids is 1. The Morgan fingerprint density at radius 3 is 2.30 bits per heavy atom. The summed E-state index contributed by atoms with van der Waals surface area (Å²) in [6, 6.07) is 1.05. The van der Waals surface area contributed by atoms with Crippen LogP contribution in [0.1, 0.15) is 54.2 Å². The monoisotopic (exact) mass is 413 g/mol. The van der Waals surface area contributed by atoms with E-state index in [1.54, 1.807) is 0 Å². The molecule has 2 aromatic heterocycles. The van der Waals surface area contributed by atoms with E-state index in [9.17, 15) is 19.5 Å². The van der Waals surface area contributed by atoms with Crippen LogP contribution in [0.15, 0.2) is 19.7 Å². The predicted octanol–water partition coefficient (Wildman–Crippen LogP) is 4.07. The fraction of sp³-hybridized carbons (Fsp3) is 0.435. The maximum atomic E-state index is 12.6. The number of hydrogen-bond donors (Lipinski definition) is 2. The second-order valence-corrected chi connectivity index (χ2v) is 7.78. The number of amides is 1. The van der Waals surface area contributed by atoms with Gasteiger partial charge in [0.15, 0.2) is 0 Å². The standard InChI is InChI=1S/C23H27NO6/c1-6-7-18(22(26)27)24-19(25)9-8-15-12(3)17-10-16-11(2)14(5)29-20(16)13(4)21(17)30-23(15)28/h10,18H,6-9H2,1-5H3,(H,24,25)(H,26,27)/t18-/m1/s1. The summed E-state index contributed by atoms with van der Waals surface area (Å²) in [6.45, 7) is 9.45. The summed E-state index contributed by atoms with van der Waals surface area (Å²) >= 11 is 0. The van der Waals surface area contributed by atoms with Gasteiger partial charge in [0.25, 0.3) is 0 Å². The van der Waals surface area contributed by atoms with Gasteiger partial charge >= 0.3 is 11.6 Å². The van der Waals surface area contributed by atoms with Gasteiger partial charge in [0.1, 0.15) is 23.0 Å². The molecular formula is C23H27NO6. The number of rotatable bonds is 7. The van der Waals surface area contributed by atoms with Crippen LogP contribution in [0.2, 0.25) is 0 Å². The molecule has 0 saturated heterocycles. The molecule has 2 N–H and O–H groups in total. The smallest absolute Gasteiger partial charge is 0.339 e. The Bertz CT molecular complexity index is 1200. The van der Waals surface area contributed by atoms with Crippen molar-refractivity contribution in [1.82, 2.24) is 5.32 Å². The van der Waals surface area contributed by atoms with Crippen LogP contribution in [0.25, 0.3) is 21.9 Å². The van der Waals surface area contributed by atoms with E-state index in [1.807, 2.05) is 40.7 Å². The Morgan fingerprint density at radius 2 is 1.67 bits per heavy atom. The van der Waals surface area contributed by atoms with E-state index in [2.05, 4.69) is 5.32 Å². The first-order chi connectivity index (χ1) is 14.1. The molecule has 0 radical (unpaired) electrons. The maximum absolute atomic E-state index is 12.6. The minimum Gasteiger partial charge on any atom is -0.480 e. The van der Waals surface area contributed by atoms with Crippen molar-refractivity contribution >= 4 is 33.8 Å². The van der Waals surface area contributed by atoms with Gasteiger partial charge in [-0.15, -0.1) is 0 Å². The van der Waals surface area contributed by atoms with Gasteiger partial charge in [0.05, 0.1) is 0 Å². The van der Waals surface area contributed by atoms with Crippen molar-refractivity contribution in [2.24, 2.45) is 0 Å². The van der Waals surface area contributed by atoms with Crippen molar-refractivity contribution in [3.63, 3.8) is 0 Å².